The summed E-state index contributed by atoms with van der Waals surface area (Å²) in [6.07, 6.45) is 6.46. The summed E-state index contributed by atoms with van der Waals surface area (Å²) in [5.41, 5.74) is 5.60. The summed E-state index contributed by atoms with van der Waals surface area (Å²) >= 11 is 0. The number of nitrogens with zero attached hydrogens (tertiary/aromatic N) is 1. The Hall–Kier alpha value is -1.63. The van der Waals surface area contributed by atoms with Crippen molar-refractivity contribution in [3.8, 4) is 5.75 Å². The molecule has 6 nitrogen and oxygen atoms in total. The number of carbonyl (C=O) groups excluding carboxylic acids is 1. The lowest BCUT2D eigenvalue weighted by Crippen LogP contribution is -2.47. The van der Waals surface area contributed by atoms with E-state index < -0.39 is 0 Å². The molecule has 6 heteroatoms. The van der Waals surface area contributed by atoms with Crippen LogP contribution in [-0.4, -0.2) is 49.4 Å². The van der Waals surface area contributed by atoms with Gasteiger partial charge in [0, 0.05) is 19.1 Å². The first-order valence-electron chi connectivity index (χ1n) is 11.0. The second-order valence-corrected chi connectivity index (χ2v) is 9.70. The maximum atomic E-state index is 12.0. The monoisotopic (exact) mass is 401 g/mol. The average Bonchev–Trinajstić information content (AvgIpc) is 3.03. The van der Waals surface area contributed by atoms with Gasteiger partial charge in [0.25, 0.3) is 0 Å². The van der Waals surface area contributed by atoms with E-state index in [1.807, 2.05) is 25.1 Å². The molecule has 5 unspecified atom stereocenters. The summed E-state index contributed by atoms with van der Waals surface area (Å²) in [5.74, 6) is 2.60. The molecule has 0 heterocycles. The molecule has 2 fully saturated rings. The Balaban J connectivity index is 1.44. The normalized spacial score (nSPS) is 33.0. The summed E-state index contributed by atoms with van der Waals surface area (Å²) in [6.45, 7) is 3.73. The standard InChI is InChI=1S/C23H35N3O3/c1-23-11-10-18-17-7-5-16(29-22(27)24-12-13-26(2)3)14-15(17)4-6-19(18)20(23)8-9-21(23)25-28/h5,7,14,18-21,25,28H,4,6,8-13H2,1-3H3,(H,24,27). The number of amides is 1. The zero-order valence-corrected chi connectivity index (χ0v) is 17.9. The number of benzene rings is 1. The van der Waals surface area contributed by atoms with Gasteiger partial charge in [-0.1, -0.05) is 13.0 Å². The third-order valence-electron chi connectivity index (χ3n) is 7.89. The number of carbonyl (C=O) groups is 1. The molecule has 5 atom stereocenters. The molecule has 3 aliphatic carbocycles. The Morgan fingerprint density at radius 1 is 1.28 bits per heavy atom. The van der Waals surface area contributed by atoms with Crippen LogP contribution in [0.4, 0.5) is 4.79 Å². The minimum absolute atomic E-state index is 0.209. The van der Waals surface area contributed by atoms with Gasteiger partial charge in [-0.15, -0.1) is 0 Å². The van der Waals surface area contributed by atoms with Crippen LogP contribution in [0.25, 0.3) is 0 Å². The van der Waals surface area contributed by atoms with Crippen LogP contribution < -0.4 is 15.5 Å². The van der Waals surface area contributed by atoms with Crippen molar-refractivity contribution in [2.75, 3.05) is 27.2 Å². The Labute approximate surface area is 174 Å². The molecule has 0 aromatic heterocycles. The van der Waals surface area contributed by atoms with Crippen molar-refractivity contribution in [2.24, 2.45) is 17.3 Å². The van der Waals surface area contributed by atoms with Crippen LogP contribution in [0.3, 0.4) is 0 Å². The first-order valence-corrected chi connectivity index (χ1v) is 11.0. The largest absolute Gasteiger partial charge is 0.412 e. The fraction of sp³-hybridized carbons (Fsp3) is 0.696. The average molecular weight is 402 g/mol. The van der Waals surface area contributed by atoms with Crippen LogP contribution in [0, 0.1) is 17.3 Å². The van der Waals surface area contributed by atoms with Crippen LogP contribution >= 0.6 is 0 Å². The van der Waals surface area contributed by atoms with E-state index in [9.17, 15) is 10.0 Å². The van der Waals surface area contributed by atoms with Gasteiger partial charge in [-0.2, -0.15) is 0 Å². The molecule has 0 radical (unpaired) electrons. The molecule has 29 heavy (non-hydrogen) atoms. The molecule has 1 aromatic rings. The predicted molar refractivity (Wildman–Crippen MR) is 112 cm³/mol. The summed E-state index contributed by atoms with van der Waals surface area (Å²) in [6, 6.07) is 6.44. The third-order valence-corrected chi connectivity index (χ3v) is 7.89. The highest BCUT2D eigenvalue weighted by molar-refractivity contribution is 5.70. The van der Waals surface area contributed by atoms with Crippen molar-refractivity contribution in [1.29, 1.82) is 0 Å². The minimum Gasteiger partial charge on any atom is -0.410 e. The van der Waals surface area contributed by atoms with Crippen LogP contribution in [0.5, 0.6) is 5.75 Å². The zero-order chi connectivity index (χ0) is 20.6. The molecule has 1 amide bonds. The van der Waals surface area contributed by atoms with E-state index in [2.05, 4.69) is 29.9 Å². The first-order chi connectivity index (χ1) is 13.9. The number of aryl methyl sites for hydroxylation is 1. The number of likely N-dealkylation sites (N-methyl/N-ethyl adjacent to an activating group) is 1. The smallest absolute Gasteiger partial charge is 0.410 e. The molecule has 4 rings (SSSR count). The molecule has 0 aliphatic heterocycles. The summed E-state index contributed by atoms with van der Waals surface area (Å²) in [5, 5.41) is 12.4. The molecular formula is C23H35N3O3. The molecular weight excluding hydrogens is 366 g/mol. The van der Waals surface area contributed by atoms with Crippen molar-refractivity contribution in [1.82, 2.24) is 15.7 Å². The minimum atomic E-state index is -0.387. The van der Waals surface area contributed by atoms with Crippen LogP contribution in [0.1, 0.15) is 56.1 Å². The molecule has 0 bridgehead atoms. The van der Waals surface area contributed by atoms with Gasteiger partial charge in [0.1, 0.15) is 5.75 Å². The number of rotatable bonds is 5. The van der Waals surface area contributed by atoms with Crippen molar-refractivity contribution >= 4 is 6.09 Å². The molecule has 160 valence electrons. The van der Waals surface area contributed by atoms with Gasteiger partial charge in [0.2, 0.25) is 0 Å². The topological polar surface area (TPSA) is 73.8 Å². The Morgan fingerprint density at radius 3 is 2.86 bits per heavy atom. The fourth-order valence-electron chi connectivity index (χ4n) is 6.36. The lowest BCUT2D eigenvalue weighted by molar-refractivity contribution is -0.000720. The second kappa shape index (κ2) is 8.25. The van der Waals surface area contributed by atoms with Crippen LogP contribution in [0.15, 0.2) is 18.2 Å². The van der Waals surface area contributed by atoms with E-state index >= 15 is 0 Å². The molecule has 2 saturated carbocycles. The van der Waals surface area contributed by atoms with E-state index in [1.165, 1.54) is 30.4 Å². The van der Waals surface area contributed by atoms with E-state index in [0.717, 1.165) is 25.8 Å². The molecule has 1 aromatic carbocycles. The first kappa shape index (κ1) is 20.6. The highest BCUT2D eigenvalue weighted by atomic mass is 16.6. The lowest BCUT2D eigenvalue weighted by atomic mass is 9.55. The summed E-state index contributed by atoms with van der Waals surface area (Å²) < 4.78 is 5.51. The van der Waals surface area contributed by atoms with E-state index in [0.29, 0.717) is 30.0 Å². The predicted octanol–water partition coefficient (Wildman–Crippen LogP) is 3.54. The molecule has 3 N–H and O–H groups in total. The number of hydroxylamine groups is 1. The summed E-state index contributed by atoms with van der Waals surface area (Å²) in [4.78, 5) is 14.1. The van der Waals surface area contributed by atoms with Crippen molar-refractivity contribution < 1.29 is 14.7 Å². The lowest BCUT2D eigenvalue weighted by Gasteiger charge is -2.50. The second-order valence-electron chi connectivity index (χ2n) is 9.70. The highest BCUT2D eigenvalue weighted by Crippen LogP contribution is 2.60. The van der Waals surface area contributed by atoms with Gasteiger partial charge in [0.15, 0.2) is 0 Å². The van der Waals surface area contributed by atoms with Crippen molar-refractivity contribution in [3.05, 3.63) is 29.3 Å². The number of hydrogen-bond donors (Lipinski definition) is 3. The van der Waals surface area contributed by atoms with Gasteiger partial charge >= 0.3 is 6.09 Å². The maximum Gasteiger partial charge on any atom is 0.412 e. The van der Waals surface area contributed by atoms with Gasteiger partial charge in [0.05, 0.1) is 0 Å². The number of nitrogens with one attached hydrogen (secondary N) is 2. The highest BCUT2D eigenvalue weighted by Gasteiger charge is 2.54. The zero-order valence-electron chi connectivity index (χ0n) is 17.9. The third kappa shape index (κ3) is 3.90. The van der Waals surface area contributed by atoms with E-state index in [-0.39, 0.29) is 17.6 Å². The Kier molecular flexibility index (Phi) is 5.87. The number of fused-ring (bicyclic) bond motifs is 5. The van der Waals surface area contributed by atoms with Crippen LogP contribution in [0.2, 0.25) is 0 Å². The van der Waals surface area contributed by atoms with Crippen LogP contribution in [-0.2, 0) is 6.42 Å². The molecule has 3 aliphatic rings. The van der Waals surface area contributed by atoms with E-state index in [4.69, 9.17) is 4.74 Å². The van der Waals surface area contributed by atoms with Crippen molar-refractivity contribution in [2.45, 2.75) is 57.4 Å². The van der Waals surface area contributed by atoms with Gasteiger partial charge < -0.3 is 20.2 Å². The SMILES string of the molecule is CN(C)CCNC(=O)Oc1ccc2c(c1)CCC1C2CCC2(C)C(NO)CCC12. The number of hydrogen-bond acceptors (Lipinski definition) is 5. The fourth-order valence-corrected chi connectivity index (χ4v) is 6.36. The Morgan fingerprint density at radius 2 is 2.10 bits per heavy atom. The molecule has 0 saturated heterocycles. The summed E-state index contributed by atoms with van der Waals surface area (Å²) in [7, 11) is 3.95. The maximum absolute atomic E-state index is 12.0. The van der Waals surface area contributed by atoms with E-state index in [1.54, 1.807) is 0 Å². The number of ether oxygens (including phenoxy) is 1. The van der Waals surface area contributed by atoms with Gasteiger partial charge in [-0.3, -0.25) is 0 Å². The Bertz CT molecular complexity index is 753. The molecule has 0 spiro atoms. The van der Waals surface area contributed by atoms with Gasteiger partial charge in [-0.25, -0.2) is 10.3 Å². The van der Waals surface area contributed by atoms with Gasteiger partial charge in [-0.05, 0) is 99.0 Å². The van der Waals surface area contributed by atoms with Crippen molar-refractivity contribution in [3.63, 3.8) is 0 Å². The quantitative estimate of drug-likeness (QED) is 0.658.